The fraction of sp³-hybridized carbons (Fsp3) is 0.250. The van der Waals surface area contributed by atoms with Crippen LogP contribution in [0.15, 0.2) is 66.3 Å². The van der Waals surface area contributed by atoms with Crippen molar-refractivity contribution in [1.82, 2.24) is 5.48 Å². The standard InChI is InChI=1S/C24H26F2N2O7/c1-15(13-22(30)28-32)3-10-21(33-2)23(16-4-7-18(8-5-16)34-12-11-29)35-24(31)27-20-9-6-17(25)14-19(20)26/h3-10,13-14,21,23,29,32H,11-12H2,1-2H3,(H,27,31)(H,28,30)/b10-3+,15-13+/t21-,23-/m0/s1. The number of halogens is 2. The molecule has 2 rings (SSSR count). The van der Waals surface area contributed by atoms with Gasteiger partial charge in [-0.25, -0.2) is 19.1 Å². The number of benzene rings is 2. The average molecular weight is 492 g/mol. The van der Waals surface area contributed by atoms with Crippen molar-refractivity contribution in [3.05, 3.63) is 83.5 Å². The molecule has 2 atom stereocenters. The summed E-state index contributed by atoms with van der Waals surface area (Å²) < 4.78 is 43.4. The van der Waals surface area contributed by atoms with Gasteiger partial charge in [-0.05, 0) is 42.3 Å². The Morgan fingerprint density at radius 3 is 2.46 bits per heavy atom. The summed E-state index contributed by atoms with van der Waals surface area (Å²) in [6.45, 7) is 1.54. The molecule has 0 aliphatic heterocycles. The second kappa shape index (κ2) is 13.8. The smallest absolute Gasteiger partial charge is 0.412 e. The Hall–Kier alpha value is -3.80. The SMILES string of the molecule is CO[C@@H](/C=C/C(C)=C/C(=O)NO)[C@@H](OC(=O)Nc1ccc(F)cc1F)c1ccc(OCCO)cc1. The maximum atomic E-state index is 14.0. The summed E-state index contributed by atoms with van der Waals surface area (Å²) in [5.74, 6) is -2.04. The van der Waals surface area contributed by atoms with Crippen molar-refractivity contribution in [2.75, 3.05) is 25.6 Å². The number of anilines is 1. The van der Waals surface area contributed by atoms with Crippen LogP contribution < -0.4 is 15.5 Å². The molecule has 0 saturated heterocycles. The molecule has 0 fully saturated rings. The quantitative estimate of drug-likeness (QED) is 0.163. The molecule has 2 aromatic carbocycles. The van der Waals surface area contributed by atoms with E-state index >= 15 is 0 Å². The van der Waals surface area contributed by atoms with Crippen LogP contribution in [0.5, 0.6) is 5.75 Å². The molecule has 0 aliphatic rings. The molecule has 2 amide bonds. The molecule has 0 radical (unpaired) electrons. The van der Waals surface area contributed by atoms with E-state index in [0.29, 0.717) is 23.0 Å². The lowest BCUT2D eigenvalue weighted by molar-refractivity contribution is -0.124. The van der Waals surface area contributed by atoms with Crippen molar-refractivity contribution in [3.63, 3.8) is 0 Å². The Morgan fingerprint density at radius 2 is 1.86 bits per heavy atom. The first kappa shape index (κ1) is 27.4. The average Bonchev–Trinajstić information content (AvgIpc) is 2.84. The number of hydrogen-bond donors (Lipinski definition) is 4. The number of ether oxygens (including phenoxy) is 3. The van der Waals surface area contributed by atoms with Gasteiger partial charge in [-0.3, -0.25) is 15.3 Å². The molecule has 0 heterocycles. The van der Waals surface area contributed by atoms with Crippen molar-refractivity contribution >= 4 is 17.7 Å². The summed E-state index contributed by atoms with van der Waals surface area (Å²) in [5, 5.41) is 19.8. The second-order valence-corrected chi connectivity index (χ2v) is 7.14. The van der Waals surface area contributed by atoms with Gasteiger partial charge in [-0.1, -0.05) is 24.3 Å². The number of methoxy groups -OCH3 is 1. The minimum atomic E-state index is -1.04. The zero-order chi connectivity index (χ0) is 25.8. The molecule has 11 heteroatoms. The Balaban J connectivity index is 2.30. The fourth-order valence-corrected chi connectivity index (χ4v) is 2.92. The van der Waals surface area contributed by atoms with Crippen LogP contribution in [-0.4, -0.2) is 48.7 Å². The summed E-state index contributed by atoms with van der Waals surface area (Å²) in [6.07, 6.45) is 1.27. The monoisotopic (exact) mass is 492 g/mol. The van der Waals surface area contributed by atoms with Gasteiger partial charge >= 0.3 is 6.09 Å². The normalized spacial score (nSPS) is 13.3. The van der Waals surface area contributed by atoms with E-state index in [4.69, 9.17) is 24.5 Å². The highest BCUT2D eigenvalue weighted by molar-refractivity contribution is 5.87. The Morgan fingerprint density at radius 1 is 1.14 bits per heavy atom. The Kier molecular flexibility index (Phi) is 10.8. The number of hydroxylamine groups is 1. The number of aliphatic hydroxyl groups is 1. The lowest BCUT2D eigenvalue weighted by Crippen LogP contribution is -2.27. The van der Waals surface area contributed by atoms with Crippen molar-refractivity contribution < 1.29 is 42.9 Å². The molecule has 2 aromatic rings. The Labute approximate surface area is 200 Å². The molecule has 0 spiro atoms. The van der Waals surface area contributed by atoms with Crippen LogP contribution in [-0.2, 0) is 14.3 Å². The molecule has 188 valence electrons. The third kappa shape index (κ3) is 8.81. The highest BCUT2D eigenvalue weighted by Gasteiger charge is 2.26. The number of carbonyl (C=O) groups excluding carboxylic acids is 2. The van der Waals surface area contributed by atoms with Crippen molar-refractivity contribution in [3.8, 4) is 5.75 Å². The van der Waals surface area contributed by atoms with Crippen LogP contribution in [0.25, 0.3) is 0 Å². The molecule has 0 aliphatic carbocycles. The van der Waals surface area contributed by atoms with E-state index in [1.54, 1.807) is 31.2 Å². The highest BCUT2D eigenvalue weighted by atomic mass is 19.1. The fourth-order valence-electron chi connectivity index (χ4n) is 2.92. The second-order valence-electron chi connectivity index (χ2n) is 7.14. The van der Waals surface area contributed by atoms with Crippen LogP contribution in [0, 0.1) is 11.6 Å². The van der Waals surface area contributed by atoms with Crippen LogP contribution in [0.4, 0.5) is 19.3 Å². The van der Waals surface area contributed by atoms with E-state index in [-0.39, 0.29) is 18.9 Å². The van der Waals surface area contributed by atoms with Gasteiger partial charge in [0.15, 0.2) is 6.10 Å². The molecule has 9 nitrogen and oxygen atoms in total. The third-order valence-electron chi connectivity index (χ3n) is 4.56. The molecule has 0 bridgehead atoms. The van der Waals surface area contributed by atoms with Gasteiger partial charge in [-0.2, -0.15) is 0 Å². The molecular formula is C24H26F2N2O7. The number of rotatable bonds is 11. The predicted molar refractivity (Wildman–Crippen MR) is 122 cm³/mol. The Bertz CT molecular complexity index is 1060. The van der Waals surface area contributed by atoms with E-state index in [1.165, 1.54) is 24.7 Å². The third-order valence-corrected chi connectivity index (χ3v) is 4.56. The van der Waals surface area contributed by atoms with Crippen molar-refractivity contribution in [2.45, 2.75) is 19.1 Å². The number of amides is 2. The first-order valence-electron chi connectivity index (χ1n) is 10.4. The molecule has 0 unspecified atom stereocenters. The maximum Gasteiger partial charge on any atom is 0.412 e. The van der Waals surface area contributed by atoms with Gasteiger partial charge in [0.1, 0.15) is 30.1 Å². The topological polar surface area (TPSA) is 126 Å². The minimum absolute atomic E-state index is 0.0986. The van der Waals surface area contributed by atoms with E-state index in [0.717, 1.165) is 18.2 Å². The van der Waals surface area contributed by atoms with E-state index < -0.39 is 35.8 Å². The van der Waals surface area contributed by atoms with E-state index in [1.807, 2.05) is 0 Å². The first-order chi connectivity index (χ1) is 16.8. The molecule has 35 heavy (non-hydrogen) atoms. The summed E-state index contributed by atoms with van der Waals surface area (Å²) in [7, 11) is 1.38. The maximum absolute atomic E-state index is 14.0. The van der Waals surface area contributed by atoms with Gasteiger partial charge in [0.25, 0.3) is 5.91 Å². The zero-order valence-corrected chi connectivity index (χ0v) is 19.0. The van der Waals surface area contributed by atoms with Crippen LogP contribution in [0.2, 0.25) is 0 Å². The molecule has 4 N–H and O–H groups in total. The van der Waals surface area contributed by atoms with E-state index in [2.05, 4.69) is 5.32 Å². The van der Waals surface area contributed by atoms with Crippen molar-refractivity contribution in [2.24, 2.45) is 0 Å². The van der Waals surface area contributed by atoms with Gasteiger partial charge in [0.2, 0.25) is 0 Å². The van der Waals surface area contributed by atoms with Crippen LogP contribution >= 0.6 is 0 Å². The summed E-state index contributed by atoms with van der Waals surface area (Å²) in [4.78, 5) is 23.9. The van der Waals surface area contributed by atoms with Crippen molar-refractivity contribution in [1.29, 1.82) is 0 Å². The van der Waals surface area contributed by atoms with Crippen LogP contribution in [0.3, 0.4) is 0 Å². The molecular weight excluding hydrogens is 466 g/mol. The van der Waals surface area contributed by atoms with Crippen LogP contribution in [0.1, 0.15) is 18.6 Å². The molecule has 0 saturated carbocycles. The first-order valence-corrected chi connectivity index (χ1v) is 10.4. The number of aliphatic hydroxyl groups excluding tert-OH is 1. The predicted octanol–water partition coefficient (Wildman–Crippen LogP) is 3.65. The highest BCUT2D eigenvalue weighted by Crippen LogP contribution is 2.28. The zero-order valence-electron chi connectivity index (χ0n) is 19.0. The summed E-state index contributed by atoms with van der Waals surface area (Å²) in [6, 6.07) is 9.10. The number of allylic oxidation sites excluding steroid dienone is 2. The van der Waals surface area contributed by atoms with E-state index in [9.17, 15) is 18.4 Å². The van der Waals surface area contributed by atoms with Gasteiger partial charge in [0, 0.05) is 19.3 Å². The lowest BCUT2D eigenvalue weighted by atomic mass is 10.0. The summed E-state index contributed by atoms with van der Waals surface area (Å²) >= 11 is 0. The summed E-state index contributed by atoms with van der Waals surface area (Å²) in [5.41, 5.74) is 2.16. The van der Waals surface area contributed by atoms with Gasteiger partial charge < -0.3 is 19.3 Å². The number of carbonyl (C=O) groups is 2. The number of hydrogen-bond acceptors (Lipinski definition) is 7. The van der Waals surface area contributed by atoms with Gasteiger partial charge in [0.05, 0.1) is 12.3 Å². The van der Waals surface area contributed by atoms with Gasteiger partial charge in [-0.15, -0.1) is 0 Å². The lowest BCUT2D eigenvalue weighted by Gasteiger charge is -2.25. The largest absolute Gasteiger partial charge is 0.491 e. The minimum Gasteiger partial charge on any atom is -0.491 e. The molecule has 0 aromatic heterocycles. The number of nitrogens with one attached hydrogen (secondary N) is 2.